The van der Waals surface area contributed by atoms with Crippen LogP contribution in [0.5, 0.6) is 0 Å². The Bertz CT molecular complexity index is 168. The molecule has 7 heteroatoms. The van der Waals surface area contributed by atoms with Gasteiger partial charge in [-0.05, 0) is 0 Å². The van der Waals surface area contributed by atoms with E-state index in [0.29, 0.717) is 0 Å². The Kier molecular flexibility index (Phi) is 2.37. The van der Waals surface area contributed by atoms with Crippen LogP contribution in [0, 0.1) is 0 Å². The first-order valence-corrected chi connectivity index (χ1v) is 3.84. The van der Waals surface area contributed by atoms with Crippen LogP contribution in [0.25, 0.3) is 0 Å². The van der Waals surface area contributed by atoms with Gasteiger partial charge in [0.05, 0.1) is 0 Å². The molecule has 1 rings (SSSR count). The lowest BCUT2D eigenvalue weighted by atomic mass is 10.5. The molecule has 0 aromatic heterocycles. The van der Waals surface area contributed by atoms with E-state index in [1.165, 1.54) is 12.1 Å². The van der Waals surface area contributed by atoms with Gasteiger partial charge in [-0.25, -0.2) is 0 Å². The minimum absolute atomic E-state index is 0.243. The molecule has 1 aliphatic heterocycles. The number of halogens is 4. The molecule has 1 aliphatic rings. The molecule has 1 heterocycles. The van der Waals surface area contributed by atoms with Crippen molar-refractivity contribution in [1.82, 2.24) is 10.1 Å². The lowest BCUT2D eigenvalue weighted by molar-refractivity contribution is 0.0191. The summed E-state index contributed by atoms with van der Waals surface area (Å²) in [5.74, 6) is 0. The molecular formula is C4H5Cl3FN3. The maximum atomic E-state index is 12.7. The van der Waals surface area contributed by atoms with E-state index in [1.807, 2.05) is 0 Å². The van der Waals surface area contributed by atoms with Gasteiger partial charge < -0.3 is 0 Å². The maximum Gasteiger partial charge on any atom is 0.232 e. The highest BCUT2D eigenvalue weighted by molar-refractivity contribution is 6.68. The average molecular weight is 220 g/mol. The van der Waals surface area contributed by atoms with Crippen molar-refractivity contribution in [2.24, 2.45) is 5.10 Å². The van der Waals surface area contributed by atoms with Crippen LogP contribution in [0.4, 0.5) is 4.48 Å². The molecule has 0 fully saturated rings. The van der Waals surface area contributed by atoms with Crippen molar-refractivity contribution in [3.63, 3.8) is 0 Å². The fourth-order valence-corrected chi connectivity index (χ4v) is 1.47. The van der Waals surface area contributed by atoms with Gasteiger partial charge in [-0.1, -0.05) is 39.3 Å². The number of hydrazone groups is 1. The summed E-state index contributed by atoms with van der Waals surface area (Å²) in [6.07, 6.45) is -0.0282. The third-order valence-electron chi connectivity index (χ3n) is 1.22. The zero-order valence-electron chi connectivity index (χ0n) is 5.51. The largest absolute Gasteiger partial charge is 0.269 e. The molecule has 0 amide bonds. The summed E-state index contributed by atoms with van der Waals surface area (Å²) in [4.78, 5) is 0. The molecule has 0 aliphatic carbocycles. The number of nitrogens with zero attached hydrogens (tertiary/aromatic N) is 3. The molecule has 0 saturated carbocycles. The number of alkyl halides is 3. The predicted molar refractivity (Wildman–Crippen MR) is 43.3 cm³/mol. The van der Waals surface area contributed by atoms with E-state index in [1.54, 1.807) is 0 Å². The number of rotatable bonds is 0. The summed E-state index contributed by atoms with van der Waals surface area (Å²) in [7, 11) is 1.52. The fourth-order valence-electron chi connectivity index (χ4n) is 0.768. The van der Waals surface area contributed by atoms with E-state index >= 15 is 0 Å². The van der Waals surface area contributed by atoms with Crippen LogP contribution >= 0.6 is 34.8 Å². The molecule has 3 nitrogen and oxygen atoms in total. The lowest BCUT2D eigenvalue weighted by Crippen LogP contribution is -2.43. The zero-order valence-corrected chi connectivity index (χ0v) is 7.78. The quantitative estimate of drug-likeness (QED) is 0.458. The number of hydrogen-bond donors (Lipinski definition) is 0. The maximum absolute atomic E-state index is 12.7. The van der Waals surface area contributed by atoms with E-state index in [9.17, 15) is 4.48 Å². The van der Waals surface area contributed by atoms with E-state index in [-0.39, 0.29) is 5.12 Å². The highest BCUT2D eigenvalue weighted by Crippen LogP contribution is 2.36. The van der Waals surface area contributed by atoms with Crippen LogP contribution in [0.2, 0.25) is 0 Å². The van der Waals surface area contributed by atoms with Gasteiger partial charge in [0, 0.05) is 7.05 Å². The smallest absolute Gasteiger partial charge is 0.232 e. The number of hydrogen-bond acceptors (Lipinski definition) is 3. The van der Waals surface area contributed by atoms with Gasteiger partial charge in [0.15, 0.2) is 6.17 Å². The first kappa shape index (κ1) is 9.16. The van der Waals surface area contributed by atoms with Crippen LogP contribution < -0.4 is 0 Å². The van der Waals surface area contributed by atoms with Crippen molar-refractivity contribution in [2.75, 3.05) is 7.05 Å². The van der Waals surface area contributed by atoms with Crippen molar-refractivity contribution in [1.29, 1.82) is 0 Å². The van der Waals surface area contributed by atoms with Gasteiger partial charge in [0.2, 0.25) is 3.79 Å². The second-order valence-electron chi connectivity index (χ2n) is 2.06. The van der Waals surface area contributed by atoms with Crippen LogP contribution in [0.15, 0.2) is 5.10 Å². The van der Waals surface area contributed by atoms with Gasteiger partial charge in [0.1, 0.15) is 6.34 Å². The summed E-state index contributed by atoms with van der Waals surface area (Å²) in [6, 6.07) is 0. The third kappa shape index (κ3) is 1.80. The minimum atomic E-state index is -1.71. The molecule has 0 N–H and O–H groups in total. The average Bonchev–Trinajstić information content (AvgIpc) is 2.08. The standard InChI is InChI=1S/C4H5Cl3FN3/c1-10-3(4(5,6)7)11(8)2-9-10/h2-3H,1H3. The second-order valence-corrected chi connectivity index (χ2v) is 4.43. The molecular weight excluding hydrogens is 215 g/mol. The second kappa shape index (κ2) is 2.84. The Hall–Kier alpha value is 0.0700. The van der Waals surface area contributed by atoms with E-state index in [2.05, 4.69) is 5.10 Å². The normalized spacial score (nSPS) is 25.0. The van der Waals surface area contributed by atoms with Gasteiger partial charge in [-0.2, -0.15) is 10.2 Å². The van der Waals surface area contributed by atoms with Crippen LogP contribution in [0.3, 0.4) is 0 Å². The summed E-state index contributed by atoms with van der Waals surface area (Å²) < 4.78 is 11.0. The van der Waals surface area contributed by atoms with Crippen molar-refractivity contribution in [3.05, 3.63) is 0 Å². The third-order valence-corrected chi connectivity index (χ3v) is 1.81. The SMILES string of the molecule is CN1N=CN(F)C1C(Cl)(Cl)Cl. The first-order valence-electron chi connectivity index (χ1n) is 2.70. The Balaban J connectivity index is 2.74. The summed E-state index contributed by atoms with van der Waals surface area (Å²) in [6.45, 7) is 0. The van der Waals surface area contributed by atoms with Crippen molar-refractivity contribution in [2.45, 2.75) is 9.96 Å². The van der Waals surface area contributed by atoms with E-state index in [4.69, 9.17) is 34.8 Å². The van der Waals surface area contributed by atoms with Crippen molar-refractivity contribution in [3.8, 4) is 0 Å². The highest BCUT2D eigenvalue weighted by atomic mass is 35.6. The molecule has 1 atom stereocenters. The molecule has 64 valence electrons. The topological polar surface area (TPSA) is 18.8 Å². The molecule has 0 aromatic rings. The van der Waals surface area contributed by atoms with Crippen LogP contribution in [0.1, 0.15) is 0 Å². The van der Waals surface area contributed by atoms with Crippen LogP contribution in [-0.2, 0) is 0 Å². The minimum Gasteiger partial charge on any atom is -0.269 e. The van der Waals surface area contributed by atoms with Crippen LogP contribution in [-0.4, -0.2) is 33.5 Å². The van der Waals surface area contributed by atoms with E-state index in [0.717, 1.165) is 6.34 Å². The van der Waals surface area contributed by atoms with Gasteiger partial charge in [-0.15, -0.1) is 0 Å². The van der Waals surface area contributed by atoms with Gasteiger partial charge in [0.25, 0.3) is 0 Å². The van der Waals surface area contributed by atoms with Crippen molar-refractivity contribution < 1.29 is 4.48 Å². The summed E-state index contributed by atoms with van der Waals surface area (Å²) in [5.41, 5.74) is 0. The van der Waals surface area contributed by atoms with Gasteiger partial charge in [-0.3, -0.25) is 5.01 Å². The monoisotopic (exact) mass is 219 g/mol. The molecule has 1 unspecified atom stereocenters. The molecule has 0 radical (unpaired) electrons. The summed E-state index contributed by atoms with van der Waals surface area (Å²) in [5, 5.41) is 5.04. The molecule has 0 spiro atoms. The Morgan fingerprint density at radius 2 is 2.09 bits per heavy atom. The molecule has 0 bridgehead atoms. The van der Waals surface area contributed by atoms with Gasteiger partial charge >= 0.3 is 0 Å². The molecule has 0 saturated heterocycles. The zero-order chi connectivity index (χ0) is 8.65. The van der Waals surface area contributed by atoms with Crippen molar-refractivity contribution >= 4 is 41.1 Å². The Morgan fingerprint density at radius 1 is 1.55 bits per heavy atom. The predicted octanol–water partition coefficient (Wildman–Crippen LogP) is 1.76. The fraction of sp³-hybridized carbons (Fsp3) is 0.750. The molecule has 0 aromatic carbocycles. The summed E-state index contributed by atoms with van der Waals surface area (Å²) >= 11 is 16.4. The highest BCUT2D eigenvalue weighted by Gasteiger charge is 2.43. The first-order chi connectivity index (χ1) is 4.93. The van der Waals surface area contributed by atoms with E-state index < -0.39 is 9.96 Å². The molecule has 11 heavy (non-hydrogen) atoms. The Labute approximate surface area is 78.2 Å². The Morgan fingerprint density at radius 3 is 2.27 bits per heavy atom. The lowest BCUT2D eigenvalue weighted by Gasteiger charge is -2.27.